The molecule has 0 aliphatic carbocycles. The summed E-state index contributed by atoms with van der Waals surface area (Å²) in [5.41, 5.74) is 2.24. The lowest BCUT2D eigenvalue weighted by Crippen LogP contribution is -2.23. The van der Waals surface area contributed by atoms with E-state index in [9.17, 15) is 9.59 Å². The van der Waals surface area contributed by atoms with Crippen LogP contribution in [0.2, 0.25) is 0 Å². The van der Waals surface area contributed by atoms with Gasteiger partial charge in [0.15, 0.2) is 0 Å². The number of rotatable bonds is 2. The molecule has 4 rings (SSSR count). The van der Waals surface area contributed by atoms with Crippen LogP contribution in [0.1, 0.15) is 15.9 Å². The summed E-state index contributed by atoms with van der Waals surface area (Å²) in [6.07, 6.45) is 0. The highest BCUT2D eigenvalue weighted by Crippen LogP contribution is 2.31. The number of ether oxygens (including phenoxy) is 1. The van der Waals surface area contributed by atoms with Crippen molar-refractivity contribution in [3.63, 3.8) is 0 Å². The van der Waals surface area contributed by atoms with Gasteiger partial charge in [-0.05, 0) is 30.3 Å². The minimum absolute atomic E-state index is 0.146. The molecule has 0 unspecified atom stereocenters. The fraction of sp³-hybridized carbons (Fsp3) is 0.111. The molecule has 5 nitrogen and oxygen atoms in total. The Morgan fingerprint density at radius 1 is 1.04 bits per heavy atom. The number of carbonyl (C=O) groups excluding carboxylic acids is 1. The molecule has 2 heterocycles. The molecule has 0 spiro atoms. The van der Waals surface area contributed by atoms with E-state index in [-0.39, 0.29) is 18.0 Å². The number of methoxy groups -OCH3 is 1. The molecule has 0 saturated heterocycles. The normalized spacial score (nSPS) is 13.4. The number of pyridine rings is 1. The summed E-state index contributed by atoms with van der Waals surface area (Å²) in [5.74, 6) is 0.577. The van der Waals surface area contributed by atoms with Gasteiger partial charge in [-0.2, -0.15) is 0 Å². The first kappa shape index (κ1) is 13.6. The first-order chi connectivity index (χ1) is 11.2. The minimum atomic E-state index is -0.205. The highest BCUT2D eigenvalue weighted by Gasteiger charge is 2.32. The third kappa shape index (κ3) is 2.01. The van der Waals surface area contributed by atoms with E-state index in [1.54, 1.807) is 30.2 Å². The van der Waals surface area contributed by atoms with E-state index in [2.05, 4.69) is 4.98 Å². The number of nitrogens with one attached hydrogen (secondary N) is 1. The van der Waals surface area contributed by atoms with Crippen LogP contribution in [-0.2, 0) is 6.54 Å². The molecule has 0 saturated carbocycles. The van der Waals surface area contributed by atoms with Crippen molar-refractivity contribution in [3.05, 3.63) is 70.0 Å². The summed E-state index contributed by atoms with van der Waals surface area (Å²) >= 11 is 0. The Morgan fingerprint density at radius 3 is 2.52 bits per heavy atom. The van der Waals surface area contributed by atoms with Gasteiger partial charge >= 0.3 is 0 Å². The highest BCUT2D eigenvalue weighted by molar-refractivity contribution is 6.17. The summed E-state index contributed by atoms with van der Waals surface area (Å²) in [6, 6.07) is 14.6. The van der Waals surface area contributed by atoms with Crippen molar-refractivity contribution in [1.29, 1.82) is 0 Å². The average molecular weight is 306 g/mol. The second kappa shape index (κ2) is 4.98. The fourth-order valence-electron chi connectivity index (χ4n) is 3.01. The predicted octanol–water partition coefficient (Wildman–Crippen LogP) is 2.70. The Kier molecular flexibility index (Phi) is 2.94. The van der Waals surface area contributed by atoms with E-state index in [1.165, 1.54) is 0 Å². The lowest BCUT2D eigenvalue weighted by atomic mass is 10.1. The van der Waals surface area contributed by atoms with Crippen LogP contribution in [-0.4, -0.2) is 18.0 Å². The molecular formula is C18H14N2O3. The van der Waals surface area contributed by atoms with Crippen LogP contribution < -0.4 is 15.2 Å². The minimum Gasteiger partial charge on any atom is -0.497 e. The van der Waals surface area contributed by atoms with Gasteiger partial charge in [-0.25, -0.2) is 0 Å². The molecule has 2 aromatic carbocycles. The molecule has 114 valence electrons. The second-order valence-electron chi connectivity index (χ2n) is 5.44. The second-order valence-corrected chi connectivity index (χ2v) is 5.44. The molecule has 5 heteroatoms. The summed E-state index contributed by atoms with van der Waals surface area (Å²) in [7, 11) is 1.59. The Labute approximate surface area is 132 Å². The van der Waals surface area contributed by atoms with Crippen molar-refractivity contribution in [3.8, 4) is 5.75 Å². The predicted molar refractivity (Wildman–Crippen MR) is 88.1 cm³/mol. The van der Waals surface area contributed by atoms with Gasteiger partial charge in [0.25, 0.3) is 11.5 Å². The molecule has 1 aliphatic rings. The van der Waals surface area contributed by atoms with Crippen LogP contribution in [0.25, 0.3) is 10.9 Å². The molecule has 1 N–H and O–H groups in total. The maximum Gasteiger partial charge on any atom is 0.259 e. The first-order valence-electron chi connectivity index (χ1n) is 7.29. The number of amides is 1. The number of para-hydroxylation sites is 1. The molecule has 0 radical (unpaired) electrons. The van der Waals surface area contributed by atoms with Gasteiger partial charge in [0.05, 0.1) is 24.8 Å². The molecular weight excluding hydrogens is 292 g/mol. The molecule has 1 aromatic heterocycles. The maximum absolute atomic E-state index is 12.9. The Balaban J connectivity index is 1.85. The summed E-state index contributed by atoms with van der Waals surface area (Å²) in [6.45, 7) is 0.278. The Hall–Kier alpha value is -3.08. The van der Waals surface area contributed by atoms with Crippen molar-refractivity contribution in [1.82, 2.24) is 4.98 Å². The zero-order valence-corrected chi connectivity index (χ0v) is 12.5. The number of hydrogen-bond acceptors (Lipinski definition) is 3. The van der Waals surface area contributed by atoms with E-state index >= 15 is 0 Å². The third-order valence-electron chi connectivity index (χ3n) is 4.18. The number of aromatic nitrogens is 1. The lowest BCUT2D eigenvalue weighted by molar-refractivity contribution is 0.0998. The molecule has 0 atom stereocenters. The van der Waals surface area contributed by atoms with Crippen molar-refractivity contribution >= 4 is 22.5 Å². The van der Waals surface area contributed by atoms with E-state index < -0.39 is 0 Å². The average Bonchev–Trinajstić information content (AvgIpc) is 2.94. The quantitative estimate of drug-likeness (QED) is 0.792. The molecule has 23 heavy (non-hydrogen) atoms. The Morgan fingerprint density at radius 2 is 1.78 bits per heavy atom. The van der Waals surface area contributed by atoms with E-state index in [0.717, 1.165) is 16.8 Å². The number of anilines is 1. The number of benzene rings is 2. The molecule has 1 aliphatic heterocycles. The fourth-order valence-corrected chi connectivity index (χ4v) is 3.01. The van der Waals surface area contributed by atoms with E-state index in [4.69, 9.17) is 4.74 Å². The van der Waals surface area contributed by atoms with Crippen LogP contribution in [0.4, 0.5) is 5.69 Å². The van der Waals surface area contributed by atoms with Gasteiger partial charge in [0.2, 0.25) is 0 Å². The topological polar surface area (TPSA) is 62.4 Å². The standard InChI is InChI=1S/C18H14N2O3/c1-23-12-8-6-11(7-9-12)20-10-14-16(18(20)22)13-4-2-3-5-15(13)19-17(14)21/h2-9H,10H2,1H3,(H,19,21). The summed E-state index contributed by atoms with van der Waals surface area (Å²) in [4.78, 5) is 29.6. The molecule has 0 bridgehead atoms. The maximum atomic E-state index is 12.9. The van der Waals surface area contributed by atoms with E-state index in [1.807, 2.05) is 30.3 Å². The molecule has 0 fully saturated rings. The van der Waals surface area contributed by atoms with Crippen LogP contribution >= 0.6 is 0 Å². The SMILES string of the molecule is COc1ccc(N2Cc3c(c4ccccc4[nH]c3=O)C2=O)cc1. The van der Waals surface area contributed by atoms with Gasteiger partial charge in [-0.3, -0.25) is 9.59 Å². The number of carbonyl (C=O) groups is 1. The number of aromatic amines is 1. The van der Waals surface area contributed by atoms with Crippen molar-refractivity contribution in [2.45, 2.75) is 6.54 Å². The number of H-pyrrole nitrogens is 1. The first-order valence-corrected chi connectivity index (χ1v) is 7.29. The Bertz CT molecular complexity index is 974. The van der Waals surface area contributed by atoms with Crippen LogP contribution in [0.3, 0.4) is 0 Å². The van der Waals surface area contributed by atoms with E-state index in [0.29, 0.717) is 16.6 Å². The lowest BCUT2D eigenvalue weighted by Gasteiger charge is -2.15. The number of hydrogen-bond donors (Lipinski definition) is 1. The van der Waals surface area contributed by atoms with Crippen LogP contribution in [0.5, 0.6) is 5.75 Å². The number of nitrogens with zero attached hydrogens (tertiary/aromatic N) is 1. The molecule has 3 aromatic rings. The molecule has 1 amide bonds. The van der Waals surface area contributed by atoms with Gasteiger partial charge in [0, 0.05) is 16.6 Å². The third-order valence-corrected chi connectivity index (χ3v) is 4.18. The summed E-state index contributed by atoms with van der Waals surface area (Å²) in [5, 5.41) is 0.781. The monoisotopic (exact) mass is 306 g/mol. The van der Waals surface area contributed by atoms with Gasteiger partial charge < -0.3 is 14.6 Å². The zero-order valence-electron chi connectivity index (χ0n) is 12.5. The van der Waals surface area contributed by atoms with Gasteiger partial charge in [-0.1, -0.05) is 18.2 Å². The van der Waals surface area contributed by atoms with Crippen LogP contribution in [0.15, 0.2) is 53.3 Å². The van der Waals surface area contributed by atoms with Crippen molar-refractivity contribution in [2.75, 3.05) is 12.0 Å². The summed E-state index contributed by atoms with van der Waals surface area (Å²) < 4.78 is 5.14. The largest absolute Gasteiger partial charge is 0.497 e. The smallest absolute Gasteiger partial charge is 0.259 e. The van der Waals surface area contributed by atoms with Crippen molar-refractivity contribution in [2.24, 2.45) is 0 Å². The number of fused-ring (bicyclic) bond motifs is 3. The van der Waals surface area contributed by atoms with Gasteiger partial charge in [0.1, 0.15) is 5.75 Å². The highest BCUT2D eigenvalue weighted by atomic mass is 16.5. The van der Waals surface area contributed by atoms with Gasteiger partial charge in [-0.15, -0.1) is 0 Å². The van der Waals surface area contributed by atoms with Crippen molar-refractivity contribution < 1.29 is 9.53 Å². The zero-order chi connectivity index (χ0) is 16.0. The van der Waals surface area contributed by atoms with Crippen LogP contribution in [0, 0.1) is 0 Å².